The van der Waals surface area contributed by atoms with Crippen LogP contribution in [-0.4, -0.2) is 8.80 Å². The van der Waals surface area contributed by atoms with E-state index in [0.29, 0.717) is 0 Å². The van der Waals surface area contributed by atoms with Crippen molar-refractivity contribution in [2.45, 2.75) is 13.1 Å². The first-order chi connectivity index (χ1) is 5.29. The van der Waals surface area contributed by atoms with Crippen LogP contribution in [-0.2, 0) is 0 Å². The van der Waals surface area contributed by atoms with Crippen molar-refractivity contribution in [3.8, 4) is 11.5 Å². The first-order valence-corrected chi connectivity index (χ1v) is 6.74. The van der Waals surface area contributed by atoms with Crippen LogP contribution in [0.1, 0.15) is 5.56 Å². The maximum Gasteiger partial charge on any atom is 0.117 e. The van der Waals surface area contributed by atoms with Gasteiger partial charge >= 0.3 is 0 Å². The fourth-order valence-electron chi connectivity index (χ4n) is 0.749. The van der Waals surface area contributed by atoms with E-state index in [-0.39, 0.29) is 0 Å². The van der Waals surface area contributed by atoms with Crippen LogP contribution in [0.5, 0.6) is 0 Å². The molecule has 56 valence electrons. The quantitative estimate of drug-likeness (QED) is 0.402. The highest BCUT2D eigenvalue weighted by Crippen LogP contribution is 1.94. The summed E-state index contributed by atoms with van der Waals surface area (Å²) in [5.41, 5.74) is 4.38. The van der Waals surface area contributed by atoms with Crippen molar-refractivity contribution in [3.05, 3.63) is 35.9 Å². The highest BCUT2D eigenvalue weighted by molar-refractivity contribution is 6.64. The number of hydrogen-bond donors (Lipinski definition) is 0. The molecule has 0 fully saturated rings. The summed E-state index contributed by atoms with van der Waals surface area (Å²) >= 11 is 0. The Labute approximate surface area is 69.9 Å². The van der Waals surface area contributed by atoms with Crippen LogP contribution in [0.4, 0.5) is 0 Å². The van der Waals surface area contributed by atoms with Crippen molar-refractivity contribution in [1.82, 2.24) is 0 Å². The lowest BCUT2D eigenvalue weighted by atomic mass is 10.2. The summed E-state index contributed by atoms with van der Waals surface area (Å²) in [7, 11) is -0.701. The van der Waals surface area contributed by atoms with Gasteiger partial charge in [-0.25, -0.2) is 0 Å². The fourth-order valence-corrected chi connectivity index (χ4v) is 1.20. The molecule has 1 aromatic carbocycles. The molecule has 0 aliphatic rings. The summed E-state index contributed by atoms with van der Waals surface area (Å²) in [6.45, 7) is 4.46. The summed E-state index contributed by atoms with van der Waals surface area (Å²) in [6, 6.07) is 10.1. The van der Waals surface area contributed by atoms with E-state index < -0.39 is 8.80 Å². The van der Waals surface area contributed by atoms with Gasteiger partial charge in [-0.2, -0.15) is 0 Å². The van der Waals surface area contributed by atoms with Gasteiger partial charge in [-0.15, -0.1) is 5.54 Å². The monoisotopic (exact) mass is 160 g/mol. The van der Waals surface area contributed by atoms with E-state index in [1.54, 1.807) is 0 Å². The lowest BCUT2D eigenvalue weighted by molar-refractivity contribution is 1.65. The van der Waals surface area contributed by atoms with Crippen LogP contribution >= 0.6 is 0 Å². The van der Waals surface area contributed by atoms with Crippen LogP contribution in [0.3, 0.4) is 0 Å². The molecule has 0 spiro atoms. The standard InChI is InChI=1S/C10H12Si/c1-11(2)9-8-10-6-4-3-5-7-10/h3-7,11H,1-2H3. The molecule has 0 saturated heterocycles. The minimum Gasteiger partial charge on any atom is -0.131 e. The predicted molar refractivity (Wildman–Crippen MR) is 52.2 cm³/mol. The van der Waals surface area contributed by atoms with Crippen LogP contribution in [0.25, 0.3) is 0 Å². The molecule has 0 unspecified atom stereocenters. The summed E-state index contributed by atoms with van der Waals surface area (Å²) < 4.78 is 0. The molecule has 0 radical (unpaired) electrons. The lowest BCUT2D eigenvalue weighted by Crippen LogP contribution is -1.93. The largest absolute Gasteiger partial charge is 0.131 e. The van der Waals surface area contributed by atoms with Crippen molar-refractivity contribution in [1.29, 1.82) is 0 Å². The minimum atomic E-state index is -0.701. The third-order valence-corrected chi connectivity index (χ3v) is 2.00. The van der Waals surface area contributed by atoms with Crippen LogP contribution in [0, 0.1) is 11.5 Å². The van der Waals surface area contributed by atoms with Gasteiger partial charge in [0.15, 0.2) is 0 Å². The van der Waals surface area contributed by atoms with Crippen LogP contribution in [0.2, 0.25) is 13.1 Å². The Morgan fingerprint density at radius 1 is 1.09 bits per heavy atom. The van der Waals surface area contributed by atoms with Crippen molar-refractivity contribution in [3.63, 3.8) is 0 Å². The van der Waals surface area contributed by atoms with Crippen LogP contribution < -0.4 is 0 Å². The highest BCUT2D eigenvalue weighted by atomic mass is 28.3. The molecule has 1 aromatic rings. The first kappa shape index (κ1) is 8.10. The van der Waals surface area contributed by atoms with E-state index in [1.165, 1.54) is 0 Å². The average Bonchev–Trinajstić information content (AvgIpc) is 2.03. The topological polar surface area (TPSA) is 0 Å². The molecule has 0 aliphatic heterocycles. The fraction of sp³-hybridized carbons (Fsp3) is 0.200. The van der Waals surface area contributed by atoms with E-state index >= 15 is 0 Å². The SMILES string of the molecule is C[SiH](C)C#Cc1ccccc1. The molecule has 0 amide bonds. The van der Waals surface area contributed by atoms with Crippen molar-refractivity contribution < 1.29 is 0 Å². The molecule has 0 atom stereocenters. The highest BCUT2D eigenvalue weighted by Gasteiger charge is 1.85. The van der Waals surface area contributed by atoms with Gasteiger partial charge in [0.2, 0.25) is 0 Å². The number of hydrogen-bond acceptors (Lipinski definition) is 0. The van der Waals surface area contributed by atoms with Crippen molar-refractivity contribution >= 4 is 8.80 Å². The maximum absolute atomic E-state index is 3.25. The normalized spacial score (nSPS) is 9.00. The molecule has 1 rings (SSSR count). The van der Waals surface area contributed by atoms with Gasteiger partial charge in [-0.3, -0.25) is 0 Å². The molecule has 0 aliphatic carbocycles. The molecule has 0 N–H and O–H groups in total. The number of benzene rings is 1. The Morgan fingerprint density at radius 2 is 1.73 bits per heavy atom. The molecular weight excluding hydrogens is 148 g/mol. The van der Waals surface area contributed by atoms with Gasteiger partial charge in [-0.1, -0.05) is 37.2 Å². The number of rotatable bonds is 0. The van der Waals surface area contributed by atoms with Gasteiger partial charge < -0.3 is 0 Å². The Morgan fingerprint density at radius 3 is 2.27 bits per heavy atom. The molecule has 0 aromatic heterocycles. The third kappa shape index (κ3) is 3.06. The maximum atomic E-state index is 3.25. The summed E-state index contributed by atoms with van der Waals surface area (Å²) in [5, 5.41) is 0. The summed E-state index contributed by atoms with van der Waals surface area (Å²) in [5.74, 6) is 3.16. The Bertz CT molecular complexity index is 264. The second kappa shape index (κ2) is 4.00. The van der Waals surface area contributed by atoms with Crippen molar-refractivity contribution in [2.24, 2.45) is 0 Å². The third-order valence-electron chi connectivity index (χ3n) is 1.28. The molecule has 0 saturated carbocycles. The molecule has 0 nitrogen and oxygen atoms in total. The first-order valence-electron chi connectivity index (χ1n) is 3.85. The van der Waals surface area contributed by atoms with Gasteiger partial charge in [-0.05, 0) is 12.1 Å². The molecule has 11 heavy (non-hydrogen) atoms. The Hall–Kier alpha value is -1.00. The van der Waals surface area contributed by atoms with E-state index in [9.17, 15) is 0 Å². The van der Waals surface area contributed by atoms with Gasteiger partial charge in [0.1, 0.15) is 8.80 Å². The second-order valence-electron chi connectivity index (χ2n) is 2.79. The van der Waals surface area contributed by atoms with E-state index in [0.717, 1.165) is 5.56 Å². The second-order valence-corrected chi connectivity index (χ2v) is 5.39. The summed E-state index contributed by atoms with van der Waals surface area (Å²) in [6.07, 6.45) is 0. The van der Waals surface area contributed by atoms with E-state index in [2.05, 4.69) is 24.6 Å². The van der Waals surface area contributed by atoms with E-state index in [4.69, 9.17) is 0 Å². The Balaban J connectivity index is 2.75. The average molecular weight is 160 g/mol. The van der Waals surface area contributed by atoms with Crippen molar-refractivity contribution in [2.75, 3.05) is 0 Å². The Kier molecular flexibility index (Phi) is 2.94. The minimum absolute atomic E-state index is 0.701. The van der Waals surface area contributed by atoms with E-state index in [1.807, 2.05) is 30.3 Å². The predicted octanol–water partition coefficient (Wildman–Crippen LogP) is 2.06. The lowest BCUT2D eigenvalue weighted by Gasteiger charge is -1.87. The summed E-state index contributed by atoms with van der Waals surface area (Å²) in [4.78, 5) is 0. The zero-order chi connectivity index (χ0) is 8.10. The zero-order valence-electron chi connectivity index (χ0n) is 6.96. The van der Waals surface area contributed by atoms with Gasteiger partial charge in [0.25, 0.3) is 0 Å². The molecule has 0 heterocycles. The van der Waals surface area contributed by atoms with Crippen LogP contribution in [0.15, 0.2) is 30.3 Å². The van der Waals surface area contributed by atoms with Gasteiger partial charge in [0, 0.05) is 5.56 Å². The van der Waals surface area contributed by atoms with Gasteiger partial charge in [0.05, 0.1) is 0 Å². The molecule has 1 heteroatoms. The zero-order valence-corrected chi connectivity index (χ0v) is 8.12. The molecule has 0 bridgehead atoms. The molecular formula is C10H12Si. The smallest absolute Gasteiger partial charge is 0.117 e.